The first-order valence-electron chi connectivity index (χ1n) is 9.47. The highest BCUT2D eigenvalue weighted by Gasteiger charge is 2.43. The number of nitrogens with zero attached hydrogens (tertiary/aromatic N) is 2. The normalized spacial score (nSPS) is 20.9. The SMILES string of the molecule is CCOC(=O)[C@@]1(Cc2ccccc2C)CCCN(Cc2cnc(C)[nH]2)C1. The fraction of sp³-hybridized carbons (Fsp3) is 0.524. The Bertz CT molecular complexity index is 755. The van der Waals surface area contributed by atoms with Gasteiger partial charge in [0.25, 0.3) is 0 Å². The number of hydrogen-bond acceptors (Lipinski definition) is 4. The molecule has 1 atom stereocenters. The van der Waals surface area contributed by atoms with Crippen LogP contribution < -0.4 is 0 Å². The van der Waals surface area contributed by atoms with Gasteiger partial charge >= 0.3 is 5.97 Å². The van der Waals surface area contributed by atoms with Gasteiger partial charge in [0, 0.05) is 25.0 Å². The van der Waals surface area contributed by atoms with Gasteiger partial charge in [0.1, 0.15) is 5.82 Å². The van der Waals surface area contributed by atoms with E-state index in [0.29, 0.717) is 6.61 Å². The molecule has 1 saturated heterocycles. The van der Waals surface area contributed by atoms with Gasteiger partial charge in [0.15, 0.2) is 0 Å². The topological polar surface area (TPSA) is 58.2 Å². The van der Waals surface area contributed by atoms with E-state index in [1.54, 1.807) is 0 Å². The van der Waals surface area contributed by atoms with Crippen molar-refractivity contribution in [1.82, 2.24) is 14.9 Å². The molecule has 0 aliphatic carbocycles. The third-order valence-corrected chi connectivity index (χ3v) is 5.30. The Morgan fingerprint density at radius 1 is 1.35 bits per heavy atom. The predicted molar refractivity (Wildman–Crippen MR) is 102 cm³/mol. The van der Waals surface area contributed by atoms with Crippen molar-refractivity contribution >= 4 is 5.97 Å². The lowest BCUT2D eigenvalue weighted by molar-refractivity contribution is -0.159. The van der Waals surface area contributed by atoms with Gasteiger partial charge < -0.3 is 9.72 Å². The predicted octanol–water partition coefficient (Wildman–Crippen LogP) is 3.41. The first kappa shape index (κ1) is 18.6. The van der Waals surface area contributed by atoms with Crippen LogP contribution in [0.15, 0.2) is 30.5 Å². The number of H-pyrrole nitrogens is 1. The minimum absolute atomic E-state index is 0.0613. The van der Waals surface area contributed by atoms with Crippen LogP contribution in [0, 0.1) is 19.3 Å². The van der Waals surface area contributed by atoms with Gasteiger partial charge in [-0.1, -0.05) is 24.3 Å². The quantitative estimate of drug-likeness (QED) is 0.807. The van der Waals surface area contributed by atoms with Crippen molar-refractivity contribution in [3.8, 4) is 0 Å². The van der Waals surface area contributed by atoms with Crippen LogP contribution in [0.4, 0.5) is 0 Å². The van der Waals surface area contributed by atoms with Crippen molar-refractivity contribution < 1.29 is 9.53 Å². The Kier molecular flexibility index (Phi) is 5.77. The summed E-state index contributed by atoms with van der Waals surface area (Å²) in [4.78, 5) is 22.9. The number of rotatable bonds is 6. The first-order valence-corrected chi connectivity index (χ1v) is 9.47. The number of piperidine rings is 1. The lowest BCUT2D eigenvalue weighted by Gasteiger charge is -2.41. The molecule has 0 radical (unpaired) electrons. The smallest absolute Gasteiger partial charge is 0.313 e. The number of carbonyl (C=O) groups excluding carboxylic acids is 1. The molecule has 0 saturated carbocycles. The summed E-state index contributed by atoms with van der Waals surface area (Å²) in [5.41, 5.74) is 3.09. The minimum Gasteiger partial charge on any atom is -0.466 e. The lowest BCUT2D eigenvalue weighted by atomic mass is 9.74. The average Bonchev–Trinajstić information content (AvgIpc) is 3.02. The molecule has 1 aromatic carbocycles. The minimum atomic E-state index is -0.477. The number of aryl methyl sites for hydroxylation is 2. The van der Waals surface area contributed by atoms with Gasteiger partial charge in [0.05, 0.1) is 12.0 Å². The van der Waals surface area contributed by atoms with Crippen LogP contribution in [0.25, 0.3) is 0 Å². The summed E-state index contributed by atoms with van der Waals surface area (Å²) >= 11 is 0. The van der Waals surface area contributed by atoms with Gasteiger partial charge in [-0.3, -0.25) is 9.69 Å². The third kappa shape index (κ3) is 4.15. The summed E-state index contributed by atoms with van der Waals surface area (Å²) in [6.07, 6.45) is 4.49. The molecule has 5 heteroatoms. The molecule has 26 heavy (non-hydrogen) atoms. The average molecular weight is 355 g/mol. The van der Waals surface area contributed by atoms with E-state index >= 15 is 0 Å². The summed E-state index contributed by atoms with van der Waals surface area (Å²) in [5, 5.41) is 0. The second-order valence-corrected chi connectivity index (χ2v) is 7.41. The number of aromatic nitrogens is 2. The largest absolute Gasteiger partial charge is 0.466 e. The molecule has 1 aliphatic heterocycles. The Morgan fingerprint density at radius 2 is 2.15 bits per heavy atom. The van der Waals surface area contributed by atoms with Crippen LogP contribution in [0.5, 0.6) is 0 Å². The van der Waals surface area contributed by atoms with Crippen molar-refractivity contribution in [2.45, 2.75) is 46.6 Å². The summed E-state index contributed by atoms with van der Waals surface area (Å²) in [5.74, 6) is 0.863. The van der Waals surface area contributed by atoms with E-state index in [1.807, 2.05) is 26.1 Å². The maximum atomic E-state index is 13.0. The second-order valence-electron chi connectivity index (χ2n) is 7.41. The molecule has 0 amide bonds. The second kappa shape index (κ2) is 8.04. The zero-order valence-corrected chi connectivity index (χ0v) is 16.0. The van der Waals surface area contributed by atoms with Crippen LogP contribution in [0.2, 0.25) is 0 Å². The Hall–Kier alpha value is -2.14. The summed E-state index contributed by atoms with van der Waals surface area (Å²) < 4.78 is 5.51. The van der Waals surface area contributed by atoms with E-state index in [2.05, 4.69) is 40.0 Å². The Morgan fingerprint density at radius 3 is 2.85 bits per heavy atom. The molecule has 0 unspecified atom stereocenters. The zero-order chi connectivity index (χ0) is 18.6. The van der Waals surface area contributed by atoms with Crippen molar-refractivity contribution in [2.75, 3.05) is 19.7 Å². The summed E-state index contributed by atoms with van der Waals surface area (Å²) in [7, 11) is 0. The molecule has 140 valence electrons. The van der Waals surface area contributed by atoms with Gasteiger partial charge in [0.2, 0.25) is 0 Å². The van der Waals surface area contributed by atoms with Crippen LogP contribution >= 0.6 is 0 Å². The first-order chi connectivity index (χ1) is 12.5. The number of benzene rings is 1. The van der Waals surface area contributed by atoms with Gasteiger partial charge in [-0.15, -0.1) is 0 Å². The zero-order valence-electron chi connectivity index (χ0n) is 16.0. The Balaban J connectivity index is 1.82. The summed E-state index contributed by atoms with van der Waals surface area (Å²) in [6.45, 7) is 8.88. The fourth-order valence-corrected chi connectivity index (χ4v) is 4.00. The highest BCUT2D eigenvalue weighted by atomic mass is 16.5. The van der Waals surface area contributed by atoms with Crippen molar-refractivity contribution in [3.05, 3.63) is 53.1 Å². The molecule has 1 N–H and O–H groups in total. The van der Waals surface area contributed by atoms with E-state index in [0.717, 1.165) is 50.4 Å². The maximum absolute atomic E-state index is 13.0. The highest BCUT2D eigenvalue weighted by molar-refractivity contribution is 5.78. The van der Waals surface area contributed by atoms with Crippen LogP contribution in [-0.2, 0) is 22.5 Å². The molecular formula is C21H29N3O2. The van der Waals surface area contributed by atoms with E-state index < -0.39 is 5.41 Å². The number of likely N-dealkylation sites (tertiary alicyclic amines) is 1. The Labute approximate surface area is 155 Å². The van der Waals surface area contributed by atoms with Crippen molar-refractivity contribution in [1.29, 1.82) is 0 Å². The summed E-state index contributed by atoms with van der Waals surface area (Å²) in [6, 6.07) is 8.34. The number of esters is 1. The number of carbonyl (C=O) groups is 1. The molecular weight excluding hydrogens is 326 g/mol. The van der Waals surface area contributed by atoms with Crippen LogP contribution in [0.3, 0.4) is 0 Å². The molecule has 1 fully saturated rings. The van der Waals surface area contributed by atoms with Gasteiger partial charge in [-0.25, -0.2) is 4.98 Å². The number of aromatic amines is 1. The molecule has 0 spiro atoms. The number of hydrogen-bond donors (Lipinski definition) is 1. The molecule has 2 aromatic rings. The number of imidazole rings is 1. The lowest BCUT2D eigenvalue weighted by Crippen LogP contribution is -2.49. The van der Waals surface area contributed by atoms with E-state index in [1.165, 1.54) is 11.1 Å². The monoisotopic (exact) mass is 355 g/mol. The van der Waals surface area contributed by atoms with E-state index in [-0.39, 0.29) is 5.97 Å². The molecule has 0 bridgehead atoms. The molecule has 5 nitrogen and oxygen atoms in total. The van der Waals surface area contributed by atoms with Crippen LogP contribution in [-0.4, -0.2) is 40.5 Å². The van der Waals surface area contributed by atoms with Gasteiger partial charge in [-0.2, -0.15) is 0 Å². The number of ether oxygens (including phenoxy) is 1. The number of nitrogens with one attached hydrogen (secondary N) is 1. The van der Waals surface area contributed by atoms with Gasteiger partial charge in [-0.05, 0) is 57.7 Å². The fourth-order valence-electron chi connectivity index (χ4n) is 4.00. The third-order valence-electron chi connectivity index (χ3n) is 5.30. The standard InChI is InChI=1S/C21H29N3O2/c1-4-26-20(25)21(12-18-9-6-5-8-16(18)2)10-7-11-24(15-21)14-19-13-22-17(3)23-19/h5-6,8-9,13H,4,7,10-12,14-15H2,1-3H3,(H,22,23)/t21-/m1/s1. The van der Waals surface area contributed by atoms with Crippen LogP contribution in [0.1, 0.15) is 42.4 Å². The van der Waals surface area contributed by atoms with Crippen molar-refractivity contribution in [2.24, 2.45) is 5.41 Å². The van der Waals surface area contributed by atoms with E-state index in [4.69, 9.17) is 4.74 Å². The molecule has 1 aliphatic rings. The van der Waals surface area contributed by atoms with Crippen molar-refractivity contribution in [3.63, 3.8) is 0 Å². The molecule has 1 aromatic heterocycles. The highest BCUT2D eigenvalue weighted by Crippen LogP contribution is 2.36. The molecule has 2 heterocycles. The maximum Gasteiger partial charge on any atom is 0.313 e. The van der Waals surface area contributed by atoms with E-state index in [9.17, 15) is 4.79 Å². The molecule has 3 rings (SSSR count).